The summed E-state index contributed by atoms with van der Waals surface area (Å²) in [5.74, 6) is 1.32. The quantitative estimate of drug-likeness (QED) is 0.648. The summed E-state index contributed by atoms with van der Waals surface area (Å²) in [7, 11) is 3.18. The molecule has 1 rings (SSSR count). The predicted molar refractivity (Wildman–Crippen MR) is 68.6 cm³/mol. The Morgan fingerprint density at radius 1 is 1.18 bits per heavy atom. The molecule has 0 aliphatic rings. The first-order chi connectivity index (χ1) is 7.90. The van der Waals surface area contributed by atoms with Crippen LogP contribution in [0.3, 0.4) is 0 Å². The second-order valence-electron chi connectivity index (χ2n) is 4.90. The zero-order chi connectivity index (χ0) is 13.1. The van der Waals surface area contributed by atoms with Crippen molar-refractivity contribution in [2.75, 3.05) is 26.7 Å². The third kappa shape index (κ3) is 3.27. The van der Waals surface area contributed by atoms with E-state index >= 15 is 0 Å². The maximum absolute atomic E-state index is 5.86. The minimum Gasteiger partial charge on any atom is -0.493 e. The number of rotatable bonds is 4. The smallest absolute Gasteiger partial charge is 0.188 e. The van der Waals surface area contributed by atoms with Crippen molar-refractivity contribution in [3.63, 3.8) is 0 Å². The number of ether oxygens (including phenoxy) is 3. The van der Waals surface area contributed by atoms with Gasteiger partial charge >= 0.3 is 0 Å². The lowest BCUT2D eigenvalue weighted by Crippen LogP contribution is -2.15. The molecule has 4 heteroatoms. The highest BCUT2D eigenvalue weighted by atomic mass is 16.7. The van der Waals surface area contributed by atoms with Crippen LogP contribution in [0.1, 0.15) is 26.3 Å². The minimum atomic E-state index is -0.0776. The van der Waals surface area contributed by atoms with Crippen LogP contribution in [0.5, 0.6) is 11.5 Å². The van der Waals surface area contributed by atoms with Crippen molar-refractivity contribution in [3.8, 4) is 11.5 Å². The molecule has 0 atom stereocenters. The third-order valence-corrected chi connectivity index (χ3v) is 2.43. The van der Waals surface area contributed by atoms with Gasteiger partial charge in [0.1, 0.15) is 0 Å². The topological polar surface area (TPSA) is 53.7 Å². The molecule has 0 radical (unpaired) electrons. The molecule has 0 fully saturated rings. The van der Waals surface area contributed by atoms with Gasteiger partial charge in [-0.2, -0.15) is 0 Å². The molecular weight excluding hydrogens is 218 g/mol. The standard InChI is InChI=1S/C13H21NO3/c1-13(2,3)10-6-9(14)7-11(16-5)12(10)17-8-15-4/h6-7H,8,14H2,1-5H3. The summed E-state index contributed by atoms with van der Waals surface area (Å²) < 4.78 is 15.8. The fourth-order valence-corrected chi connectivity index (χ4v) is 1.60. The second kappa shape index (κ2) is 5.27. The van der Waals surface area contributed by atoms with E-state index < -0.39 is 0 Å². The second-order valence-corrected chi connectivity index (χ2v) is 4.90. The van der Waals surface area contributed by atoms with Crippen molar-refractivity contribution in [1.82, 2.24) is 0 Å². The van der Waals surface area contributed by atoms with Gasteiger partial charge in [-0.05, 0) is 11.5 Å². The number of benzene rings is 1. The molecule has 0 amide bonds. The van der Waals surface area contributed by atoms with Gasteiger partial charge in [0.05, 0.1) is 7.11 Å². The molecule has 96 valence electrons. The normalized spacial score (nSPS) is 11.4. The van der Waals surface area contributed by atoms with E-state index in [1.165, 1.54) is 0 Å². The van der Waals surface area contributed by atoms with Gasteiger partial charge in [0.25, 0.3) is 0 Å². The van der Waals surface area contributed by atoms with Crippen molar-refractivity contribution in [2.45, 2.75) is 26.2 Å². The van der Waals surface area contributed by atoms with Crippen LogP contribution in [0.4, 0.5) is 5.69 Å². The largest absolute Gasteiger partial charge is 0.493 e. The fraction of sp³-hybridized carbons (Fsp3) is 0.538. The van der Waals surface area contributed by atoms with Gasteiger partial charge in [-0.15, -0.1) is 0 Å². The molecule has 0 unspecified atom stereocenters. The van der Waals surface area contributed by atoms with Gasteiger partial charge in [-0.25, -0.2) is 0 Å². The first kappa shape index (κ1) is 13.6. The van der Waals surface area contributed by atoms with Crippen LogP contribution >= 0.6 is 0 Å². The molecule has 2 N–H and O–H groups in total. The van der Waals surface area contributed by atoms with Crippen molar-refractivity contribution in [2.24, 2.45) is 0 Å². The molecule has 1 aromatic carbocycles. The van der Waals surface area contributed by atoms with Gasteiger partial charge < -0.3 is 19.9 Å². The Bertz CT molecular complexity index is 383. The Balaban J connectivity index is 3.28. The molecule has 17 heavy (non-hydrogen) atoms. The number of nitrogen functional groups attached to an aromatic ring is 1. The predicted octanol–water partition coefficient (Wildman–Crippen LogP) is 2.56. The van der Waals surface area contributed by atoms with Crippen LogP contribution in [0, 0.1) is 0 Å². The van der Waals surface area contributed by atoms with Crippen molar-refractivity contribution in [3.05, 3.63) is 17.7 Å². The Hall–Kier alpha value is -1.42. The minimum absolute atomic E-state index is 0.0776. The van der Waals surface area contributed by atoms with Crippen LogP contribution in [0.2, 0.25) is 0 Å². The Labute approximate surface area is 103 Å². The summed E-state index contributed by atoms with van der Waals surface area (Å²) in [6.07, 6.45) is 0. The van der Waals surface area contributed by atoms with E-state index in [0.717, 1.165) is 5.56 Å². The number of hydrogen-bond acceptors (Lipinski definition) is 4. The van der Waals surface area contributed by atoms with Crippen molar-refractivity contribution < 1.29 is 14.2 Å². The monoisotopic (exact) mass is 239 g/mol. The molecular formula is C13H21NO3. The molecule has 0 saturated heterocycles. The van der Waals surface area contributed by atoms with E-state index in [9.17, 15) is 0 Å². The van der Waals surface area contributed by atoms with Gasteiger partial charge in [0.2, 0.25) is 0 Å². The molecule has 0 aromatic heterocycles. The first-order valence-electron chi connectivity index (χ1n) is 5.50. The number of nitrogens with two attached hydrogens (primary N) is 1. The molecule has 0 heterocycles. The highest BCUT2D eigenvalue weighted by molar-refractivity contribution is 5.59. The Morgan fingerprint density at radius 3 is 2.29 bits per heavy atom. The average molecular weight is 239 g/mol. The Morgan fingerprint density at radius 2 is 1.82 bits per heavy atom. The molecule has 1 aromatic rings. The van der Waals surface area contributed by atoms with Gasteiger partial charge in [-0.1, -0.05) is 20.8 Å². The zero-order valence-corrected chi connectivity index (χ0v) is 11.2. The first-order valence-corrected chi connectivity index (χ1v) is 5.50. The number of hydrogen-bond donors (Lipinski definition) is 1. The van der Waals surface area contributed by atoms with E-state index in [0.29, 0.717) is 17.2 Å². The van der Waals surface area contributed by atoms with Crippen molar-refractivity contribution in [1.29, 1.82) is 0 Å². The van der Waals surface area contributed by atoms with E-state index in [1.54, 1.807) is 20.3 Å². The molecule has 0 spiro atoms. The van der Waals surface area contributed by atoms with Crippen LogP contribution in [-0.4, -0.2) is 21.0 Å². The molecule has 4 nitrogen and oxygen atoms in total. The fourth-order valence-electron chi connectivity index (χ4n) is 1.60. The molecule has 0 aliphatic carbocycles. The summed E-state index contributed by atoms with van der Waals surface area (Å²) in [6.45, 7) is 6.48. The highest BCUT2D eigenvalue weighted by Gasteiger charge is 2.23. The van der Waals surface area contributed by atoms with E-state index in [4.69, 9.17) is 19.9 Å². The summed E-state index contributed by atoms with van der Waals surface area (Å²) >= 11 is 0. The van der Waals surface area contributed by atoms with Crippen LogP contribution in [0.15, 0.2) is 12.1 Å². The summed E-state index contributed by atoms with van der Waals surface area (Å²) in [6, 6.07) is 3.66. The zero-order valence-electron chi connectivity index (χ0n) is 11.2. The van der Waals surface area contributed by atoms with Crippen LogP contribution < -0.4 is 15.2 Å². The van der Waals surface area contributed by atoms with Gasteiger partial charge in [0.15, 0.2) is 18.3 Å². The van der Waals surface area contributed by atoms with E-state index in [1.807, 2.05) is 6.07 Å². The van der Waals surface area contributed by atoms with Crippen molar-refractivity contribution >= 4 is 5.69 Å². The number of anilines is 1. The maximum atomic E-state index is 5.86. The van der Waals surface area contributed by atoms with Gasteiger partial charge in [-0.3, -0.25) is 0 Å². The van der Waals surface area contributed by atoms with Crippen LogP contribution in [0.25, 0.3) is 0 Å². The van der Waals surface area contributed by atoms with Gasteiger partial charge in [0, 0.05) is 24.4 Å². The third-order valence-electron chi connectivity index (χ3n) is 2.43. The summed E-state index contributed by atoms with van der Waals surface area (Å²) in [4.78, 5) is 0. The Kier molecular flexibility index (Phi) is 4.23. The average Bonchev–Trinajstić information content (AvgIpc) is 2.25. The van der Waals surface area contributed by atoms with Crippen LogP contribution in [-0.2, 0) is 10.2 Å². The molecule has 0 aliphatic heterocycles. The summed E-state index contributed by atoms with van der Waals surface area (Å²) in [5, 5.41) is 0. The van der Waals surface area contributed by atoms with E-state index in [-0.39, 0.29) is 12.2 Å². The SMILES string of the molecule is COCOc1c(OC)cc(N)cc1C(C)(C)C. The summed E-state index contributed by atoms with van der Waals surface area (Å²) in [5.41, 5.74) is 7.45. The number of methoxy groups -OCH3 is 2. The maximum Gasteiger partial charge on any atom is 0.188 e. The lowest BCUT2D eigenvalue weighted by atomic mass is 9.86. The highest BCUT2D eigenvalue weighted by Crippen LogP contribution is 2.40. The molecule has 0 saturated carbocycles. The lowest BCUT2D eigenvalue weighted by Gasteiger charge is -2.24. The molecule has 0 bridgehead atoms. The lowest BCUT2D eigenvalue weighted by molar-refractivity contribution is 0.0478. The van der Waals surface area contributed by atoms with E-state index in [2.05, 4.69) is 20.8 Å².